The van der Waals surface area contributed by atoms with E-state index in [0.29, 0.717) is 0 Å². The molecule has 0 aliphatic carbocycles. The lowest BCUT2D eigenvalue weighted by Crippen LogP contribution is -2.59. The summed E-state index contributed by atoms with van der Waals surface area (Å²) in [5.41, 5.74) is 0. The maximum Gasteiger partial charge on any atom is 0.217 e. The largest absolute Gasteiger partial charge is 0.388 e. The Balaban J connectivity index is 2.54. The average Bonchev–Trinajstić information content (AvgIpc) is 2.13. The molecule has 0 aromatic rings. The fraction of sp³-hybridized carbons (Fsp3) is 0.875. The van der Waals surface area contributed by atoms with Crippen molar-refractivity contribution in [3.63, 3.8) is 0 Å². The molecule has 6 heteroatoms. The van der Waals surface area contributed by atoms with Crippen LogP contribution in [0.5, 0.6) is 0 Å². The van der Waals surface area contributed by atoms with Crippen LogP contribution in [0.3, 0.4) is 0 Å². The number of rotatable bonds is 2. The first kappa shape index (κ1) is 11.4. The van der Waals surface area contributed by atoms with Crippen molar-refractivity contribution in [1.29, 1.82) is 0 Å². The summed E-state index contributed by atoms with van der Waals surface area (Å²) < 4.78 is 9.86. The van der Waals surface area contributed by atoms with E-state index in [-0.39, 0.29) is 12.5 Å². The zero-order valence-electron chi connectivity index (χ0n) is 8.14. The third kappa shape index (κ3) is 2.42. The van der Waals surface area contributed by atoms with Crippen molar-refractivity contribution in [2.75, 3.05) is 13.7 Å². The number of amides is 1. The Morgan fingerprint density at radius 1 is 1.50 bits per heavy atom. The van der Waals surface area contributed by atoms with Gasteiger partial charge in [-0.05, 0) is 0 Å². The maximum atomic E-state index is 10.7. The second kappa shape index (κ2) is 4.70. The molecule has 0 bridgehead atoms. The van der Waals surface area contributed by atoms with E-state index in [2.05, 4.69) is 5.32 Å². The predicted molar refractivity (Wildman–Crippen MR) is 46.4 cm³/mol. The molecule has 0 unspecified atom stereocenters. The first-order valence-corrected chi connectivity index (χ1v) is 4.34. The highest BCUT2D eigenvalue weighted by Gasteiger charge is 2.38. The van der Waals surface area contributed by atoms with Gasteiger partial charge in [-0.1, -0.05) is 0 Å². The molecule has 3 N–H and O–H groups in total. The van der Waals surface area contributed by atoms with Crippen molar-refractivity contribution in [2.24, 2.45) is 0 Å². The van der Waals surface area contributed by atoms with Gasteiger partial charge in [0.25, 0.3) is 0 Å². The van der Waals surface area contributed by atoms with Crippen LogP contribution >= 0.6 is 0 Å². The summed E-state index contributed by atoms with van der Waals surface area (Å²) in [6.45, 7) is 1.46. The third-order valence-electron chi connectivity index (χ3n) is 2.10. The summed E-state index contributed by atoms with van der Waals surface area (Å²) in [6, 6.07) is -0.589. The van der Waals surface area contributed by atoms with Gasteiger partial charge in [-0.2, -0.15) is 0 Å². The molecule has 0 spiro atoms. The predicted octanol–water partition coefficient (Wildman–Crippen LogP) is -1.78. The molecule has 6 nitrogen and oxygen atoms in total. The maximum absolute atomic E-state index is 10.7. The Morgan fingerprint density at radius 2 is 2.14 bits per heavy atom. The third-order valence-corrected chi connectivity index (χ3v) is 2.10. The standard InChI is InChI=1S/C8H15NO5/c1-4(10)9-5-3-14-8(13-2)7(12)6(5)11/h5-8,11-12H,3H2,1-2H3,(H,9,10)/t5-,6-,7-,8-/m1/s1. The van der Waals surface area contributed by atoms with Crippen LogP contribution in [0.2, 0.25) is 0 Å². The summed E-state index contributed by atoms with van der Waals surface area (Å²) in [5, 5.41) is 21.5. The molecule has 0 aromatic heterocycles. The smallest absolute Gasteiger partial charge is 0.217 e. The summed E-state index contributed by atoms with van der Waals surface area (Å²) in [7, 11) is 1.37. The van der Waals surface area contributed by atoms with Crippen LogP contribution in [0.15, 0.2) is 0 Å². The van der Waals surface area contributed by atoms with E-state index in [1.165, 1.54) is 14.0 Å². The van der Waals surface area contributed by atoms with E-state index < -0.39 is 24.5 Å². The molecule has 14 heavy (non-hydrogen) atoms. The normalized spacial score (nSPS) is 38.0. The number of carbonyl (C=O) groups excluding carboxylic acids is 1. The number of methoxy groups -OCH3 is 1. The van der Waals surface area contributed by atoms with Crippen molar-refractivity contribution in [2.45, 2.75) is 31.5 Å². The second-order valence-corrected chi connectivity index (χ2v) is 3.23. The zero-order chi connectivity index (χ0) is 10.7. The highest BCUT2D eigenvalue weighted by molar-refractivity contribution is 5.73. The van der Waals surface area contributed by atoms with Gasteiger partial charge in [0.1, 0.15) is 12.2 Å². The summed E-state index contributed by atoms with van der Waals surface area (Å²) in [5.74, 6) is -0.277. The minimum absolute atomic E-state index is 0.121. The second-order valence-electron chi connectivity index (χ2n) is 3.23. The lowest BCUT2D eigenvalue weighted by molar-refractivity contribution is -0.240. The highest BCUT2D eigenvalue weighted by atomic mass is 16.7. The van der Waals surface area contributed by atoms with E-state index in [4.69, 9.17) is 9.47 Å². The summed E-state index contributed by atoms with van der Waals surface area (Å²) in [4.78, 5) is 10.7. The topological polar surface area (TPSA) is 88.0 Å². The Hall–Kier alpha value is -0.690. The first-order valence-electron chi connectivity index (χ1n) is 4.34. The van der Waals surface area contributed by atoms with Gasteiger partial charge in [-0.3, -0.25) is 4.79 Å². The fourth-order valence-corrected chi connectivity index (χ4v) is 1.39. The molecule has 82 valence electrons. The van der Waals surface area contributed by atoms with Gasteiger partial charge in [-0.25, -0.2) is 0 Å². The van der Waals surface area contributed by atoms with Crippen molar-refractivity contribution in [3.05, 3.63) is 0 Å². The number of hydrogen-bond donors (Lipinski definition) is 3. The first-order chi connectivity index (χ1) is 6.56. The van der Waals surface area contributed by atoms with Gasteiger partial charge < -0.3 is 25.0 Å². The van der Waals surface area contributed by atoms with Gasteiger partial charge in [0.2, 0.25) is 5.91 Å². The molecule has 1 aliphatic rings. The molecule has 1 saturated heterocycles. The molecular weight excluding hydrogens is 190 g/mol. The number of aliphatic hydroxyl groups is 2. The van der Waals surface area contributed by atoms with Crippen molar-refractivity contribution in [1.82, 2.24) is 5.32 Å². The minimum atomic E-state index is -1.15. The van der Waals surface area contributed by atoms with Gasteiger partial charge in [0.15, 0.2) is 6.29 Å². The Bertz CT molecular complexity index is 210. The fourth-order valence-electron chi connectivity index (χ4n) is 1.39. The van der Waals surface area contributed by atoms with Crippen molar-refractivity contribution in [3.8, 4) is 0 Å². The summed E-state index contributed by atoms with van der Waals surface area (Å²) >= 11 is 0. The zero-order valence-corrected chi connectivity index (χ0v) is 8.14. The van der Waals surface area contributed by atoms with E-state index in [1.54, 1.807) is 0 Å². The molecule has 1 heterocycles. The number of hydrogen-bond acceptors (Lipinski definition) is 5. The molecule has 1 amide bonds. The lowest BCUT2D eigenvalue weighted by Gasteiger charge is -2.36. The molecule has 4 atom stereocenters. The summed E-state index contributed by atoms with van der Waals surface area (Å²) in [6.07, 6.45) is -3.06. The molecule has 1 rings (SSSR count). The molecular formula is C8H15NO5. The number of nitrogens with one attached hydrogen (secondary N) is 1. The Labute approximate surface area is 81.8 Å². The molecule has 0 saturated carbocycles. The van der Waals surface area contributed by atoms with E-state index in [0.717, 1.165) is 0 Å². The van der Waals surface area contributed by atoms with E-state index in [1.807, 2.05) is 0 Å². The highest BCUT2D eigenvalue weighted by Crippen LogP contribution is 2.15. The van der Waals surface area contributed by atoms with E-state index in [9.17, 15) is 15.0 Å². The van der Waals surface area contributed by atoms with Gasteiger partial charge in [0, 0.05) is 14.0 Å². The van der Waals surface area contributed by atoms with Crippen LogP contribution in [0.4, 0.5) is 0 Å². The minimum Gasteiger partial charge on any atom is -0.388 e. The van der Waals surface area contributed by atoms with Crippen LogP contribution in [-0.2, 0) is 14.3 Å². The average molecular weight is 205 g/mol. The molecule has 0 radical (unpaired) electrons. The van der Waals surface area contributed by atoms with Crippen LogP contribution in [-0.4, -0.2) is 54.4 Å². The molecule has 1 aliphatic heterocycles. The Kier molecular flexibility index (Phi) is 3.82. The van der Waals surface area contributed by atoms with E-state index >= 15 is 0 Å². The molecule has 0 aromatic carbocycles. The van der Waals surface area contributed by atoms with Gasteiger partial charge in [-0.15, -0.1) is 0 Å². The van der Waals surface area contributed by atoms with Gasteiger partial charge >= 0.3 is 0 Å². The van der Waals surface area contributed by atoms with Gasteiger partial charge in [0.05, 0.1) is 12.6 Å². The quantitative estimate of drug-likeness (QED) is 0.496. The lowest BCUT2D eigenvalue weighted by atomic mass is 10.0. The van der Waals surface area contributed by atoms with Crippen LogP contribution < -0.4 is 5.32 Å². The Morgan fingerprint density at radius 3 is 2.64 bits per heavy atom. The van der Waals surface area contributed by atoms with Crippen LogP contribution in [0, 0.1) is 0 Å². The van der Waals surface area contributed by atoms with Crippen molar-refractivity contribution >= 4 is 5.91 Å². The van der Waals surface area contributed by atoms with Crippen LogP contribution in [0.1, 0.15) is 6.92 Å². The SMILES string of the molecule is CO[C@@H]1OC[C@@H](NC(C)=O)[C@@H](O)[C@H]1O. The van der Waals surface area contributed by atoms with Crippen molar-refractivity contribution < 1.29 is 24.5 Å². The van der Waals surface area contributed by atoms with Crippen LogP contribution in [0.25, 0.3) is 0 Å². The molecule has 1 fully saturated rings. The monoisotopic (exact) mass is 205 g/mol. The number of ether oxygens (including phenoxy) is 2. The number of carbonyl (C=O) groups is 1. The number of aliphatic hydroxyl groups excluding tert-OH is 2.